The highest BCUT2D eigenvalue weighted by molar-refractivity contribution is 5.80. The summed E-state index contributed by atoms with van der Waals surface area (Å²) in [5, 5.41) is 14.8. The normalized spacial score (nSPS) is 11.1. The van der Waals surface area contributed by atoms with Crippen LogP contribution >= 0.6 is 0 Å². The number of hydrazone groups is 1. The second-order valence-corrected chi connectivity index (χ2v) is 9.92. The van der Waals surface area contributed by atoms with Crippen LogP contribution in [0.1, 0.15) is 115 Å². The van der Waals surface area contributed by atoms with Crippen molar-refractivity contribution in [3.63, 3.8) is 0 Å². The van der Waals surface area contributed by atoms with E-state index in [-0.39, 0.29) is 11.7 Å². The van der Waals surface area contributed by atoms with Crippen LogP contribution < -0.4 is 10.2 Å². The van der Waals surface area contributed by atoms with Crippen LogP contribution in [0.2, 0.25) is 0 Å². The number of anilines is 1. The number of hydrogen-bond donors (Lipinski definition) is 1. The fourth-order valence-corrected chi connectivity index (χ4v) is 4.28. The van der Waals surface area contributed by atoms with Crippen molar-refractivity contribution < 1.29 is 14.5 Å². The molecule has 1 N–H and O–H groups in total. The van der Waals surface area contributed by atoms with Gasteiger partial charge in [0.2, 0.25) is 0 Å². The highest BCUT2D eigenvalue weighted by atomic mass is 16.6. The third-order valence-electron chi connectivity index (χ3n) is 6.58. The summed E-state index contributed by atoms with van der Waals surface area (Å²) in [6, 6.07) is 13.2. The lowest BCUT2D eigenvalue weighted by Crippen LogP contribution is -2.07. The zero-order valence-corrected chi connectivity index (χ0v) is 23.0. The van der Waals surface area contributed by atoms with Gasteiger partial charge >= 0.3 is 5.97 Å². The zero-order chi connectivity index (χ0) is 27.3. The van der Waals surface area contributed by atoms with Gasteiger partial charge in [-0.1, -0.05) is 96.8 Å². The number of unbranched alkanes of at least 4 members (excludes halogenated alkanes) is 14. The average molecular weight is 524 g/mol. The maximum absolute atomic E-state index is 12.1. The minimum Gasteiger partial charge on any atom is -0.427 e. The van der Waals surface area contributed by atoms with E-state index in [0.717, 1.165) is 18.4 Å². The van der Waals surface area contributed by atoms with Gasteiger partial charge in [-0.05, 0) is 48.4 Å². The molecule has 0 spiro atoms. The van der Waals surface area contributed by atoms with Crippen molar-refractivity contribution in [3.05, 3.63) is 64.2 Å². The molecule has 0 aromatic heterocycles. The van der Waals surface area contributed by atoms with Crippen LogP contribution in [-0.4, -0.2) is 17.1 Å². The number of ether oxygens (including phenoxy) is 1. The van der Waals surface area contributed by atoms with E-state index in [1.807, 2.05) is 12.1 Å². The number of esters is 1. The Labute approximate surface area is 228 Å². The third kappa shape index (κ3) is 14.5. The van der Waals surface area contributed by atoms with Crippen molar-refractivity contribution in [2.75, 3.05) is 5.43 Å². The van der Waals surface area contributed by atoms with E-state index in [9.17, 15) is 14.9 Å². The maximum atomic E-state index is 12.1. The van der Waals surface area contributed by atoms with Crippen molar-refractivity contribution in [1.29, 1.82) is 0 Å². The first-order valence-electron chi connectivity index (χ1n) is 14.4. The number of carbonyl (C=O) groups is 1. The second-order valence-electron chi connectivity index (χ2n) is 9.92. The van der Waals surface area contributed by atoms with E-state index in [4.69, 9.17) is 4.74 Å². The van der Waals surface area contributed by atoms with Gasteiger partial charge in [0.15, 0.2) is 0 Å². The second kappa shape index (κ2) is 19.8. The van der Waals surface area contributed by atoms with E-state index in [0.29, 0.717) is 17.9 Å². The molecule has 2 rings (SSSR count). The maximum Gasteiger partial charge on any atom is 0.311 e. The summed E-state index contributed by atoms with van der Waals surface area (Å²) >= 11 is 0. The van der Waals surface area contributed by atoms with Gasteiger partial charge in [-0.25, -0.2) is 0 Å². The summed E-state index contributed by atoms with van der Waals surface area (Å²) in [5.41, 5.74) is 4.35. The molecule has 0 radical (unpaired) electrons. The van der Waals surface area contributed by atoms with Crippen LogP contribution in [0.3, 0.4) is 0 Å². The van der Waals surface area contributed by atoms with E-state index in [1.54, 1.807) is 30.5 Å². The first-order chi connectivity index (χ1) is 18.6. The van der Waals surface area contributed by atoms with Crippen molar-refractivity contribution >= 4 is 23.6 Å². The highest BCUT2D eigenvalue weighted by Crippen LogP contribution is 2.17. The van der Waals surface area contributed by atoms with Crippen molar-refractivity contribution in [1.82, 2.24) is 0 Å². The number of nitrogens with one attached hydrogen (secondary N) is 1. The van der Waals surface area contributed by atoms with Crippen molar-refractivity contribution in [2.24, 2.45) is 5.10 Å². The molecule has 0 heterocycles. The number of carbonyl (C=O) groups excluding carboxylic acids is 1. The predicted octanol–water partition coefficient (Wildman–Crippen LogP) is 9.21. The van der Waals surface area contributed by atoms with Gasteiger partial charge in [0.25, 0.3) is 5.69 Å². The Morgan fingerprint density at radius 3 is 1.79 bits per heavy atom. The predicted molar refractivity (Wildman–Crippen MR) is 156 cm³/mol. The minimum absolute atomic E-state index is 0.0317. The van der Waals surface area contributed by atoms with Crippen LogP contribution in [-0.2, 0) is 4.79 Å². The van der Waals surface area contributed by atoms with Gasteiger partial charge < -0.3 is 4.74 Å². The number of rotatable bonds is 21. The molecule has 0 aliphatic carbocycles. The number of nitro benzene ring substituents is 1. The molecule has 2 aromatic rings. The summed E-state index contributed by atoms with van der Waals surface area (Å²) in [7, 11) is 0. The Hall–Kier alpha value is -3.22. The number of hydrogen-bond acceptors (Lipinski definition) is 6. The molecule has 0 unspecified atom stereocenters. The third-order valence-corrected chi connectivity index (χ3v) is 6.58. The quantitative estimate of drug-likeness (QED) is 0.0439. The van der Waals surface area contributed by atoms with E-state index in [1.165, 1.54) is 95.6 Å². The molecule has 7 heteroatoms. The molecule has 0 bridgehead atoms. The fraction of sp³-hybridized carbons (Fsp3) is 0.548. The Balaban J connectivity index is 1.47. The van der Waals surface area contributed by atoms with Crippen LogP contribution in [0.15, 0.2) is 53.6 Å². The molecule has 208 valence electrons. The fourth-order valence-electron chi connectivity index (χ4n) is 4.28. The van der Waals surface area contributed by atoms with Gasteiger partial charge in [0.05, 0.1) is 16.8 Å². The topological polar surface area (TPSA) is 93.8 Å². The lowest BCUT2D eigenvalue weighted by Gasteiger charge is -2.05. The molecular formula is C31H45N3O4. The van der Waals surface area contributed by atoms with Crippen LogP contribution in [0.4, 0.5) is 11.4 Å². The highest BCUT2D eigenvalue weighted by Gasteiger charge is 2.05. The average Bonchev–Trinajstić information content (AvgIpc) is 2.92. The van der Waals surface area contributed by atoms with Gasteiger partial charge in [-0.2, -0.15) is 5.10 Å². The molecule has 0 atom stereocenters. The Morgan fingerprint density at radius 1 is 0.789 bits per heavy atom. The summed E-state index contributed by atoms with van der Waals surface area (Å²) in [6.45, 7) is 2.27. The van der Waals surface area contributed by atoms with Gasteiger partial charge in [0, 0.05) is 18.6 Å². The minimum atomic E-state index is -0.443. The van der Waals surface area contributed by atoms with Gasteiger partial charge in [-0.3, -0.25) is 20.3 Å². The lowest BCUT2D eigenvalue weighted by molar-refractivity contribution is -0.384. The number of non-ortho nitro benzene ring substituents is 1. The molecule has 0 aliphatic rings. The smallest absolute Gasteiger partial charge is 0.311 e. The summed E-state index contributed by atoms with van der Waals surface area (Å²) in [6.07, 6.45) is 21.6. The molecule has 0 saturated heterocycles. The van der Waals surface area contributed by atoms with Crippen LogP contribution in [0.5, 0.6) is 5.75 Å². The Bertz CT molecular complexity index is 943. The SMILES string of the molecule is CCCCCCCCCCCCCCCCCC(=O)Oc1ccc(/C=N/Nc2ccc([N+](=O)[O-])cc2)cc1. The molecule has 0 fully saturated rings. The first-order valence-corrected chi connectivity index (χ1v) is 14.4. The summed E-state index contributed by atoms with van der Waals surface area (Å²) in [4.78, 5) is 22.4. The Kier molecular flexibility index (Phi) is 16.2. The van der Waals surface area contributed by atoms with Gasteiger partial charge in [-0.15, -0.1) is 0 Å². The monoisotopic (exact) mass is 523 g/mol. The number of benzene rings is 2. The standard InChI is InChI=1S/C31H45N3O4/c1-2-3-4-5-6-7-8-9-10-11-12-13-14-15-16-17-31(35)38-30-24-18-27(19-25-30)26-32-33-28-20-22-29(23-21-28)34(36)37/h18-26,33H,2-17H2,1H3/b32-26+. The zero-order valence-electron chi connectivity index (χ0n) is 23.0. The molecule has 38 heavy (non-hydrogen) atoms. The molecule has 2 aromatic carbocycles. The van der Waals surface area contributed by atoms with E-state index >= 15 is 0 Å². The van der Waals surface area contributed by atoms with E-state index in [2.05, 4.69) is 17.5 Å². The summed E-state index contributed by atoms with van der Waals surface area (Å²) in [5.74, 6) is 0.331. The lowest BCUT2D eigenvalue weighted by atomic mass is 10.0. The summed E-state index contributed by atoms with van der Waals surface area (Å²) < 4.78 is 5.44. The molecular weight excluding hydrogens is 478 g/mol. The molecule has 7 nitrogen and oxygen atoms in total. The van der Waals surface area contributed by atoms with Crippen molar-refractivity contribution in [2.45, 2.75) is 110 Å². The molecule has 0 saturated carbocycles. The van der Waals surface area contributed by atoms with Crippen molar-refractivity contribution in [3.8, 4) is 5.75 Å². The Morgan fingerprint density at radius 2 is 1.29 bits per heavy atom. The number of nitro groups is 1. The number of nitrogens with zero attached hydrogens (tertiary/aromatic N) is 2. The largest absolute Gasteiger partial charge is 0.427 e. The molecule has 0 amide bonds. The molecule has 0 aliphatic heterocycles. The van der Waals surface area contributed by atoms with E-state index < -0.39 is 4.92 Å². The van der Waals surface area contributed by atoms with Gasteiger partial charge in [0.1, 0.15) is 5.75 Å². The first kappa shape index (κ1) is 31.0. The van der Waals surface area contributed by atoms with Crippen LogP contribution in [0, 0.1) is 10.1 Å². The van der Waals surface area contributed by atoms with Crippen LogP contribution in [0.25, 0.3) is 0 Å².